The molecular weight excluding hydrogens is 330 g/mol. The molecule has 0 aliphatic carbocycles. The summed E-state index contributed by atoms with van der Waals surface area (Å²) < 4.78 is 27.9. The fourth-order valence-electron chi connectivity index (χ4n) is 2.46. The first-order chi connectivity index (χ1) is 10.6. The summed E-state index contributed by atoms with van der Waals surface area (Å²) in [6.45, 7) is 8.07. The molecule has 0 aliphatic heterocycles. The summed E-state index contributed by atoms with van der Waals surface area (Å²) in [7, 11) is -3.53. The number of aryl methyl sites for hydroxylation is 2. The summed E-state index contributed by atoms with van der Waals surface area (Å²) in [6, 6.07) is 12.8. The lowest BCUT2D eigenvalue weighted by Gasteiger charge is -2.26. The minimum atomic E-state index is -3.53. The highest BCUT2D eigenvalue weighted by atomic mass is 35.5. The Morgan fingerprint density at radius 1 is 1.04 bits per heavy atom. The van der Waals surface area contributed by atoms with E-state index in [-0.39, 0.29) is 5.41 Å². The normalized spacial score (nSPS) is 12.4. The van der Waals surface area contributed by atoms with E-state index in [0.717, 1.165) is 16.7 Å². The van der Waals surface area contributed by atoms with Gasteiger partial charge in [0.25, 0.3) is 0 Å². The Bertz CT molecular complexity index is 796. The van der Waals surface area contributed by atoms with E-state index in [0.29, 0.717) is 16.5 Å². The van der Waals surface area contributed by atoms with Crippen LogP contribution < -0.4 is 4.72 Å². The van der Waals surface area contributed by atoms with Gasteiger partial charge in [-0.25, -0.2) is 13.1 Å². The number of hydrogen-bond acceptors (Lipinski definition) is 2. The molecule has 2 aromatic carbocycles. The van der Waals surface area contributed by atoms with Crippen LogP contribution in [0.2, 0.25) is 5.02 Å². The van der Waals surface area contributed by atoms with Crippen molar-refractivity contribution in [2.24, 2.45) is 0 Å². The van der Waals surface area contributed by atoms with E-state index in [1.54, 1.807) is 6.07 Å². The number of benzene rings is 2. The molecule has 23 heavy (non-hydrogen) atoms. The average molecular weight is 352 g/mol. The predicted octanol–water partition coefficient (Wildman–Crippen LogP) is 4.21. The number of halogens is 1. The molecule has 2 aromatic rings. The first kappa shape index (κ1) is 18.0. The molecular formula is C18H22ClNO2S. The molecule has 0 bridgehead atoms. The Hall–Kier alpha value is -1.36. The Balaban J connectivity index is 2.19. The summed E-state index contributed by atoms with van der Waals surface area (Å²) in [5.41, 5.74) is 2.49. The maximum Gasteiger partial charge on any atom is 0.240 e. The zero-order valence-electron chi connectivity index (χ0n) is 13.9. The number of sulfonamides is 1. The van der Waals surface area contributed by atoms with Gasteiger partial charge in [-0.15, -0.1) is 0 Å². The fourth-order valence-corrected chi connectivity index (χ4v) is 4.02. The van der Waals surface area contributed by atoms with Crippen LogP contribution in [-0.2, 0) is 15.4 Å². The van der Waals surface area contributed by atoms with E-state index in [4.69, 9.17) is 11.6 Å². The molecule has 0 atom stereocenters. The second kappa shape index (κ2) is 6.63. The predicted molar refractivity (Wildman–Crippen MR) is 95.6 cm³/mol. The third-order valence-corrected chi connectivity index (χ3v) is 5.76. The lowest BCUT2D eigenvalue weighted by atomic mass is 9.85. The second-order valence-corrected chi connectivity index (χ2v) is 8.66. The lowest BCUT2D eigenvalue weighted by molar-refractivity contribution is 0.501. The molecule has 0 spiro atoms. The quantitative estimate of drug-likeness (QED) is 0.876. The van der Waals surface area contributed by atoms with Crippen molar-refractivity contribution in [2.75, 3.05) is 6.54 Å². The van der Waals surface area contributed by atoms with E-state index in [1.165, 1.54) is 0 Å². The second-order valence-electron chi connectivity index (χ2n) is 6.48. The van der Waals surface area contributed by atoms with Gasteiger partial charge >= 0.3 is 0 Å². The van der Waals surface area contributed by atoms with Crippen molar-refractivity contribution >= 4 is 21.6 Å². The van der Waals surface area contributed by atoms with Gasteiger partial charge in [0, 0.05) is 17.0 Å². The molecule has 0 radical (unpaired) electrons. The van der Waals surface area contributed by atoms with Crippen molar-refractivity contribution in [3.63, 3.8) is 0 Å². The van der Waals surface area contributed by atoms with Crippen LogP contribution in [0.4, 0.5) is 0 Å². The van der Waals surface area contributed by atoms with E-state index in [2.05, 4.69) is 4.72 Å². The number of rotatable bonds is 5. The van der Waals surface area contributed by atoms with Crippen LogP contribution >= 0.6 is 11.6 Å². The minimum absolute atomic E-state index is 0.310. The number of hydrogen-bond donors (Lipinski definition) is 1. The molecule has 0 saturated carbocycles. The third-order valence-electron chi connectivity index (χ3n) is 3.95. The molecule has 5 heteroatoms. The van der Waals surface area contributed by atoms with Crippen LogP contribution in [0.1, 0.15) is 30.5 Å². The van der Waals surface area contributed by atoms with Gasteiger partial charge in [-0.1, -0.05) is 55.3 Å². The van der Waals surface area contributed by atoms with Crippen LogP contribution in [0, 0.1) is 13.8 Å². The van der Waals surface area contributed by atoms with Gasteiger partial charge in [0.2, 0.25) is 10.0 Å². The van der Waals surface area contributed by atoms with Gasteiger partial charge in [-0.2, -0.15) is 0 Å². The Morgan fingerprint density at radius 2 is 1.65 bits per heavy atom. The summed E-state index contributed by atoms with van der Waals surface area (Å²) in [6.07, 6.45) is 0. The zero-order chi connectivity index (χ0) is 17.3. The van der Waals surface area contributed by atoms with Crippen LogP contribution in [0.3, 0.4) is 0 Å². The summed E-state index contributed by atoms with van der Waals surface area (Å²) in [5.74, 6) is 0. The Morgan fingerprint density at radius 3 is 2.22 bits per heavy atom. The average Bonchev–Trinajstić information content (AvgIpc) is 2.45. The highest BCUT2D eigenvalue weighted by Gasteiger charge is 2.25. The lowest BCUT2D eigenvalue weighted by Crippen LogP contribution is -2.36. The Labute approximate surface area is 143 Å². The van der Waals surface area contributed by atoms with Gasteiger partial charge in [0.15, 0.2) is 0 Å². The van der Waals surface area contributed by atoms with Gasteiger partial charge < -0.3 is 0 Å². The summed E-state index contributed by atoms with van der Waals surface area (Å²) >= 11 is 5.91. The standard InChI is InChI=1S/C18H22ClNO2S/c1-13-5-10-17(14(2)11-13)23(21,22)20-12-18(3,4)15-6-8-16(19)9-7-15/h5-11,20H,12H2,1-4H3. The fraction of sp³-hybridized carbons (Fsp3) is 0.333. The zero-order valence-corrected chi connectivity index (χ0v) is 15.4. The molecule has 0 saturated heterocycles. The summed E-state index contributed by atoms with van der Waals surface area (Å²) in [4.78, 5) is 0.329. The smallest absolute Gasteiger partial charge is 0.210 e. The van der Waals surface area contributed by atoms with Crippen molar-refractivity contribution in [1.82, 2.24) is 4.72 Å². The van der Waals surface area contributed by atoms with Gasteiger partial charge in [0.1, 0.15) is 0 Å². The van der Waals surface area contributed by atoms with Crippen LogP contribution in [0.5, 0.6) is 0 Å². The highest BCUT2D eigenvalue weighted by molar-refractivity contribution is 7.89. The van der Waals surface area contributed by atoms with Gasteiger partial charge in [-0.05, 0) is 43.2 Å². The van der Waals surface area contributed by atoms with E-state index < -0.39 is 10.0 Å². The molecule has 3 nitrogen and oxygen atoms in total. The molecule has 1 N–H and O–H groups in total. The van der Waals surface area contributed by atoms with Crippen molar-refractivity contribution < 1.29 is 8.42 Å². The minimum Gasteiger partial charge on any atom is -0.210 e. The van der Waals surface area contributed by atoms with Crippen molar-refractivity contribution in [3.8, 4) is 0 Å². The largest absolute Gasteiger partial charge is 0.240 e. The Kier molecular flexibility index (Phi) is 5.19. The maximum absolute atomic E-state index is 12.6. The maximum atomic E-state index is 12.6. The molecule has 0 aromatic heterocycles. The van der Waals surface area contributed by atoms with E-state index in [1.807, 2.05) is 64.1 Å². The third kappa shape index (κ3) is 4.34. The van der Waals surface area contributed by atoms with Crippen LogP contribution in [-0.4, -0.2) is 15.0 Å². The van der Waals surface area contributed by atoms with Crippen molar-refractivity contribution in [2.45, 2.75) is 38.0 Å². The first-order valence-corrected chi connectivity index (χ1v) is 9.31. The molecule has 124 valence electrons. The molecule has 0 amide bonds. The van der Waals surface area contributed by atoms with Crippen LogP contribution in [0.15, 0.2) is 47.4 Å². The molecule has 0 unspecified atom stereocenters. The van der Waals surface area contributed by atoms with Crippen molar-refractivity contribution in [3.05, 3.63) is 64.2 Å². The van der Waals surface area contributed by atoms with E-state index in [9.17, 15) is 8.42 Å². The topological polar surface area (TPSA) is 46.2 Å². The molecule has 2 rings (SSSR count). The SMILES string of the molecule is Cc1ccc(S(=O)(=O)NCC(C)(C)c2ccc(Cl)cc2)c(C)c1. The van der Waals surface area contributed by atoms with Crippen LogP contribution in [0.25, 0.3) is 0 Å². The van der Waals surface area contributed by atoms with Gasteiger partial charge in [-0.3, -0.25) is 0 Å². The molecule has 0 fully saturated rings. The summed E-state index contributed by atoms with van der Waals surface area (Å²) in [5, 5.41) is 0.667. The van der Waals surface area contributed by atoms with E-state index >= 15 is 0 Å². The van der Waals surface area contributed by atoms with Crippen molar-refractivity contribution in [1.29, 1.82) is 0 Å². The first-order valence-electron chi connectivity index (χ1n) is 7.45. The highest BCUT2D eigenvalue weighted by Crippen LogP contribution is 2.25. The monoisotopic (exact) mass is 351 g/mol. The van der Waals surface area contributed by atoms with Gasteiger partial charge in [0.05, 0.1) is 4.90 Å². The molecule has 0 heterocycles. The molecule has 0 aliphatic rings. The number of nitrogens with one attached hydrogen (secondary N) is 1.